The third kappa shape index (κ3) is 5.79. The Balaban J connectivity index is 1.34. The van der Waals surface area contributed by atoms with E-state index in [2.05, 4.69) is 32.0 Å². The number of amides is 1. The highest BCUT2D eigenvalue weighted by molar-refractivity contribution is 7.99. The van der Waals surface area contributed by atoms with Gasteiger partial charge in [-0.05, 0) is 0 Å². The van der Waals surface area contributed by atoms with Gasteiger partial charge in [-0.1, -0.05) is 48.2 Å². The molecule has 2 aromatic heterocycles. The largest absolute Gasteiger partial charge is 0.379 e. The van der Waals surface area contributed by atoms with Crippen molar-refractivity contribution in [3.63, 3.8) is 0 Å². The van der Waals surface area contributed by atoms with Gasteiger partial charge in [0.25, 0.3) is 0 Å². The van der Waals surface area contributed by atoms with Crippen molar-refractivity contribution in [2.75, 3.05) is 37.4 Å². The second-order valence-electron chi connectivity index (χ2n) is 6.93. The Bertz CT molecular complexity index is 1010. The molecule has 8 nitrogen and oxygen atoms in total. The first kappa shape index (κ1) is 21.7. The molecule has 1 amide bonds. The van der Waals surface area contributed by atoms with Crippen LogP contribution in [-0.4, -0.2) is 62.6 Å². The third-order valence-electron chi connectivity index (χ3n) is 4.73. The average Bonchev–Trinajstić information content (AvgIpc) is 3.41. The number of nitrogens with zero attached hydrogens (tertiary/aromatic N) is 5. The fourth-order valence-electron chi connectivity index (χ4n) is 3.17. The van der Waals surface area contributed by atoms with Gasteiger partial charge in [0.05, 0.1) is 31.2 Å². The third-order valence-corrected chi connectivity index (χ3v) is 6.45. The van der Waals surface area contributed by atoms with Crippen LogP contribution in [-0.2, 0) is 22.6 Å². The molecular weight excluding hydrogens is 432 g/mol. The maximum atomic E-state index is 12.5. The Kier molecular flexibility index (Phi) is 7.47. The van der Waals surface area contributed by atoms with E-state index in [0.717, 1.165) is 43.4 Å². The lowest BCUT2D eigenvalue weighted by Crippen LogP contribution is -2.36. The number of anilines is 1. The number of thiazole rings is 1. The van der Waals surface area contributed by atoms with Crippen LogP contribution in [0.1, 0.15) is 5.82 Å². The van der Waals surface area contributed by atoms with Crippen molar-refractivity contribution in [1.29, 1.82) is 0 Å². The number of thioether (sulfide) groups is 1. The predicted octanol–water partition coefficient (Wildman–Crippen LogP) is 3.15. The molecule has 0 aliphatic carbocycles. The fraction of sp³-hybridized carbons (Fsp3) is 0.333. The lowest BCUT2D eigenvalue weighted by Gasteiger charge is -2.26. The van der Waals surface area contributed by atoms with Crippen molar-refractivity contribution < 1.29 is 9.53 Å². The zero-order chi connectivity index (χ0) is 21.5. The van der Waals surface area contributed by atoms with Crippen LogP contribution in [0.25, 0.3) is 11.3 Å². The first-order valence-corrected chi connectivity index (χ1v) is 11.9. The lowest BCUT2D eigenvalue weighted by atomic mass is 10.2. The summed E-state index contributed by atoms with van der Waals surface area (Å²) >= 11 is 2.78. The van der Waals surface area contributed by atoms with Crippen molar-refractivity contribution in [2.45, 2.75) is 18.2 Å². The molecular formula is C21H24N6O2S2. The van der Waals surface area contributed by atoms with Crippen LogP contribution in [0.4, 0.5) is 5.13 Å². The molecule has 162 valence electrons. The number of nitrogens with one attached hydrogen (secondary N) is 1. The summed E-state index contributed by atoms with van der Waals surface area (Å²) in [6.07, 6.45) is 1.82. The van der Waals surface area contributed by atoms with Crippen LogP contribution < -0.4 is 5.32 Å². The molecule has 0 saturated carbocycles. The van der Waals surface area contributed by atoms with Crippen LogP contribution in [0.15, 0.2) is 53.5 Å². The SMILES string of the molecule is C=CCn1c(CN2CCOCC2)nnc1SCC(=O)Nc1nc(-c2ccccc2)cs1. The molecule has 3 heterocycles. The highest BCUT2D eigenvalue weighted by atomic mass is 32.2. The minimum atomic E-state index is -0.123. The predicted molar refractivity (Wildman–Crippen MR) is 123 cm³/mol. The number of aromatic nitrogens is 4. The minimum Gasteiger partial charge on any atom is -0.379 e. The molecule has 10 heteroatoms. The van der Waals surface area contributed by atoms with E-state index in [1.165, 1.54) is 23.1 Å². The molecule has 1 fully saturated rings. The molecule has 1 aliphatic heterocycles. The number of morpholine rings is 1. The van der Waals surface area contributed by atoms with E-state index in [1.54, 1.807) is 0 Å². The molecule has 1 aromatic carbocycles. The van der Waals surface area contributed by atoms with Gasteiger partial charge in [0.1, 0.15) is 5.82 Å². The molecule has 1 aliphatic rings. The smallest absolute Gasteiger partial charge is 0.236 e. The summed E-state index contributed by atoms with van der Waals surface area (Å²) in [7, 11) is 0. The van der Waals surface area contributed by atoms with Gasteiger partial charge in [-0.3, -0.25) is 9.69 Å². The molecule has 0 atom stereocenters. The number of hydrogen-bond donors (Lipinski definition) is 1. The van der Waals surface area contributed by atoms with Crippen molar-refractivity contribution >= 4 is 34.1 Å². The van der Waals surface area contributed by atoms with E-state index in [0.29, 0.717) is 23.4 Å². The number of benzene rings is 1. The van der Waals surface area contributed by atoms with Gasteiger partial charge in [0.15, 0.2) is 10.3 Å². The number of ether oxygens (including phenoxy) is 1. The molecule has 1 N–H and O–H groups in total. The van der Waals surface area contributed by atoms with Crippen LogP contribution in [0.3, 0.4) is 0 Å². The van der Waals surface area contributed by atoms with Crippen molar-refractivity contribution in [3.05, 3.63) is 54.2 Å². The van der Waals surface area contributed by atoms with Gasteiger partial charge in [0, 0.05) is 30.6 Å². The average molecular weight is 457 g/mol. The Morgan fingerprint density at radius 3 is 2.84 bits per heavy atom. The minimum absolute atomic E-state index is 0.123. The van der Waals surface area contributed by atoms with Crippen LogP contribution >= 0.6 is 23.1 Å². The Labute approximate surface area is 189 Å². The van der Waals surface area contributed by atoms with Crippen LogP contribution in [0.2, 0.25) is 0 Å². The molecule has 0 unspecified atom stereocenters. The van der Waals surface area contributed by atoms with E-state index in [4.69, 9.17) is 4.74 Å². The van der Waals surface area contributed by atoms with Gasteiger partial charge < -0.3 is 14.6 Å². The maximum Gasteiger partial charge on any atom is 0.236 e. The van der Waals surface area contributed by atoms with Gasteiger partial charge in [-0.25, -0.2) is 4.98 Å². The molecule has 0 radical (unpaired) electrons. The van der Waals surface area contributed by atoms with Gasteiger partial charge >= 0.3 is 0 Å². The van der Waals surface area contributed by atoms with Gasteiger partial charge in [0.2, 0.25) is 5.91 Å². The number of carbonyl (C=O) groups is 1. The van der Waals surface area contributed by atoms with E-state index in [9.17, 15) is 4.79 Å². The Morgan fingerprint density at radius 1 is 1.26 bits per heavy atom. The van der Waals surface area contributed by atoms with Gasteiger partial charge in [-0.15, -0.1) is 28.1 Å². The van der Waals surface area contributed by atoms with Crippen molar-refractivity contribution in [1.82, 2.24) is 24.6 Å². The maximum absolute atomic E-state index is 12.5. The van der Waals surface area contributed by atoms with Crippen LogP contribution in [0.5, 0.6) is 0 Å². The fourth-order valence-corrected chi connectivity index (χ4v) is 4.68. The molecule has 0 spiro atoms. The number of carbonyl (C=O) groups excluding carboxylic acids is 1. The molecule has 31 heavy (non-hydrogen) atoms. The second-order valence-corrected chi connectivity index (χ2v) is 8.73. The highest BCUT2D eigenvalue weighted by Gasteiger charge is 2.18. The lowest BCUT2D eigenvalue weighted by molar-refractivity contribution is -0.113. The molecule has 3 aromatic rings. The van der Waals surface area contributed by atoms with Gasteiger partial charge in [-0.2, -0.15) is 0 Å². The standard InChI is InChI=1S/C21H24N6O2S2/c1-2-8-27-18(13-26-9-11-29-12-10-26)24-25-21(27)31-15-19(28)23-20-22-17(14-30-20)16-6-4-3-5-7-16/h2-7,14H,1,8-13,15H2,(H,22,23,28). The van der Waals surface area contributed by atoms with E-state index < -0.39 is 0 Å². The highest BCUT2D eigenvalue weighted by Crippen LogP contribution is 2.25. The summed E-state index contributed by atoms with van der Waals surface area (Å²) in [4.78, 5) is 19.3. The summed E-state index contributed by atoms with van der Waals surface area (Å²) in [5.74, 6) is 0.978. The first-order chi connectivity index (χ1) is 15.2. The van der Waals surface area contributed by atoms with Crippen molar-refractivity contribution in [2.24, 2.45) is 0 Å². The quantitative estimate of drug-likeness (QED) is 0.391. The van der Waals surface area contributed by atoms with E-state index >= 15 is 0 Å². The Hall–Kier alpha value is -2.53. The Morgan fingerprint density at radius 2 is 2.06 bits per heavy atom. The summed E-state index contributed by atoms with van der Waals surface area (Å²) in [6.45, 7) is 8.38. The van der Waals surface area contributed by atoms with Crippen molar-refractivity contribution in [3.8, 4) is 11.3 Å². The topological polar surface area (TPSA) is 85.2 Å². The van der Waals surface area contributed by atoms with Crippen LogP contribution in [0, 0.1) is 0 Å². The second kappa shape index (κ2) is 10.7. The molecule has 0 bridgehead atoms. The molecule has 4 rings (SSSR count). The summed E-state index contributed by atoms with van der Waals surface area (Å²) in [5.41, 5.74) is 1.88. The zero-order valence-electron chi connectivity index (χ0n) is 17.1. The number of rotatable bonds is 9. The summed E-state index contributed by atoms with van der Waals surface area (Å²) in [6, 6.07) is 9.90. The summed E-state index contributed by atoms with van der Waals surface area (Å²) in [5, 5.41) is 14.8. The van der Waals surface area contributed by atoms with E-state index in [-0.39, 0.29) is 11.7 Å². The molecule has 1 saturated heterocycles. The summed E-state index contributed by atoms with van der Waals surface area (Å²) < 4.78 is 7.42. The normalized spacial score (nSPS) is 14.5. The van der Waals surface area contributed by atoms with E-state index in [1.807, 2.05) is 46.4 Å². The number of hydrogen-bond acceptors (Lipinski definition) is 8. The number of allylic oxidation sites excluding steroid dienone is 1. The monoisotopic (exact) mass is 456 g/mol. The first-order valence-electron chi connectivity index (χ1n) is 9.99. The zero-order valence-corrected chi connectivity index (χ0v) is 18.7.